The Morgan fingerprint density at radius 1 is 1.23 bits per heavy atom. The van der Waals surface area contributed by atoms with Crippen LogP contribution in [0.3, 0.4) is 0 Å². The molecule has 0 aliphatic heterocycles. The number of aromatic nitrogens is 3. The van der Waals surface area contributed by atoms with Crippen molar-refractivity contribution in [3.05, 3.63) is 59.9 Å². The summed E-state index contributed by atoms with van der Waals surface area (Å²) >= 11 is 1.30. The lowest BCUT2D eigenvalue weighted by Crippen LogP contribution is -2.33. The number of amides is 1. The maximum Gasteiger partial charge on any atom is 0.237 e. The van der Waals surface area contributed by atoms with Crippen LogP contribution in [0, 0.1) is 25.2 Å². The number of ether oxygens (including phenoxy) is 1. The van der Waals surface area contributed by atoms with Crippen LogP contribution in [0.1, 0.15) is 17.5 Å². The number of hydrogen-bond acceptors (Lipinski definition) is 6. The van der Waals surface area contributed by atoms with Crippen molar-refractivity contribution in [2.24, 2.45) is 0 Å². The Bertz CT molecular complexity index is 1070. The number of para-hydroxylation sites is 2. The standard InChI is InChI=1S/C22H23N5O2S/c1-16-9-10-18(13-17(16)2)26(12-6-11-23)21(28)14-30-22-25-24-15-27(22)19-7-4-5-8-20(19)29-3/h4-5,7-10,13,15H,6,12,14H2,1-3H3. The maximum absolute atomic E-state index is 13.0. The van der Waals surface area contributed by atoms with Gasteiger partial charge >= 0.3 is 0 Å². The number of nitrogens with zero attached hydrogens (tertiary/aromatic N) is 5. The van der Waals surface area contributed by atoms with Crippen molar-refractivity contribution in [3.63, 3.8) is 0 Å². The van der Waals surface area contributed by atoms with E-state index in [-0.39, 0.29) is 18.1 Å². The van der Waals surface area contributed by atoms with Gasteiger partial charge in [0.25, 0.3) is 0 Å². The van der Waals surface area contributed by atoms with Gasteiger partial charge in [0.05, 0.1) is 31.0 Å². The second kappa shape index (κ2) is 9.94. The molecule has 7 nitrogen and oxygen atoms in total. The van der Waals surface area contributed by atoms with Crippen molar-refractivity contribution in [2.75, 3.05) is 24.3 Å². The molecule has 0 unspecified atom stereocenters. The van der Waals surface area contributed by atoms with Gasteiger partial charge in [0, 0.05) is 12.2 Å². The monoisotopic (exact) mass is 421 g/mol. The number of hydrogen-bond donors (Lipinski definition) is 0. The highest BCUT2D eigenvalue weighted by molar-refractivity contribution is 7.99. The number of carbonyl (C=O) groups is 1. The first-order chi connectivity index (χ1) is 14.5. The average Bonchev–Trinajstić information content (AvgIpc) is 3.23. The van der Waals surface area contributed by atoms with E-state index in [0.29, 0.717) is 17.5 Å². The molecule has 30 heavy (non-hydrogen) atoms. The summed E-state index contributed by atoms with van der Waals surface area (Å²) in [6, 6.07) is 15.6. The van der Waals surface area contributed by atoms with E-state index in [1.54, 1.807) is 22.9 Å². The smallest absolute Gasteiger partial charge is 0.237 e. The Balaban J connectivity index is 1.79. The van der Waals surface area contributed by atoms with Gasteiger partial charge in [-0.3, -0.25) is 9.36 Å². The summed E-state index contributed by atoms with van der Waals surface area (Å²) in [6.45, 7) is 4.38. The normalized spacial score (nSPS) is 10.5. The van der Waals surface area contributed by atoms with E-state index < -0.39 is 0 Å². The van der Waals surface area contributed by atoms with Gasteiger partial charge in [-0.1, -0.05) is 30.0 Å². The van der Waals surface area contributed by atoms with Gasteiger partial charge in [0.15, 0.2) is 5.16 Å². The third-order valence-electron chi connectivity index (χ3n) is 4.74. The van der Waals surface area contributed by atoms with Gasteiger partial charge in [-0.05, 0) is 49.2 Å². The molecule has 0 bridgehead atoms. The molecule has 1 amide bonds. The first kappa shape index (κ1) is 21.4. The van der Waals surface area contributed by atoms with Gasteiger partial charge < -0.3 is 9.64 Å². The number of aryl methyl sites for hydroxylation is 2. The summed E-state index contributed by atoms with van der Waals surface area (Å²) in [4.78, 5) is 14.7. The van der Waals surface area contributed by atoms with E-state index in [1.807, 2.05) is 56.3 Å². The Hall–Kier alpha value is -3.31. The molecule has 0 N–H and O–H groups in total. The molecule has 0 saturated heterocycles. The predicted molar refractivity (Wildman–Crippen MR) is 117 cm³/mol. The molecule has 0 aliphatic rings. The lowest BCUT2D eigenvalue weighted by atomic mass is 10.1. The zero-order chi connectivity index (χ0) is 21.5. The Morgan fingerprint density at radius 3 is 2.77 bits per heavy atom. The number of carbonyl (C=O) groups excluding carboxylic acids is 1. The number of nitriles is 1. The fourth-order valence-corrected chi connectivity index (χ4v) is 3.77. The minimum atomic E-state index is -0.0897. The average molecular weight is 422 g/mol. The lowest BCUT2D eigenvalue weighted by molar-refractivity contribution is -0.116. The molecule has 0 fully saturated rings. The lowest BCUT2D eigenvalue weighted by Gasteiger charge is -2.22. The highest BCUT2D eigenvalue weighted by atomic mass is 32.2. The van der Waals surface area contributed by atoms with Crippen LogP contribution in [-0.4, -0.2) is 40.1 Å². The minimum absolute atomic E-state index is 0.0897. The minimum Gasteiger partial charge on any atom is -0.495 e. The number of thioether (sulfide) groups is 1. The molecular weight excluding hydrogens is 398 g/mol. The molecule has 0 aliphatic carbocycles. The molecule has 1 heterocycles. The third kappa shape index (κ3) is 4.81. The summed E-state index contributed by atoms with van der Waals surface area (Å²) < 4.78 is 7.22. The highest BCUT2D eigenvalue weighted by Crippen LogP contribution is 2.27. The topological polar surface area (TPSA) is 84.0 Å². The molecule has 0 radical (unpaired) electrons. The summed E-state index contributed by atoms with van der Waals surface area (Å²) in [5.41, 5.74) is 3.86. The number of anilines is 1. The quantitative estimate of drug-likeness (QED) is 0.513. The van der Waals surface area contributed by atoms with Crippen LogP contribution in [0.15, 0.2) is 53.9 Å². The van der Waals surface area contributed by atoms with Crippen molar-refractivity contribution in [1.82, 2.24) is 14.8 Å². The van der Waals surface area contributed by atoms with Crippen molar-refractivity contribution in [2.45, 2.75) is 25.4 Å². The van der Waals surface area contributed by atoms with Crippen LogP contribution in [0.2, 0.25) is 0 Å². The van der Waals surface area contributed by atoms with Crippen LogP contribution in [0.5, 0.6) is 5.75 Å². The van der Waals surface area contributed by atoms with Gasteiger partial charge in [0.1, 0.15) is 12.1 Å². The summed E-state index contributed by atoms with van der Waals surface area (Å²) in [5, 5.41) is 17.8. The van der Waals surface area contributed by atoms with E-state index in [0.717, 1.165) is 22.5 Å². The first-order valence-corrected chi connectivity index (χ1v) is 10.4. The molecule has 0 spiro atoms. The largest absolute Gasteiger partial charge is 0.495 e. The van der Waals surface area contributed by atoms with Gasteiger partial charge in [-0.2, -0.15) is 5.26 Å². The van der Waals surface area contributed by atoms with Crippen molar-refractivity contribution < 1.29 is 9.53 Å². The fraction of sp³-hybridized carbons (Fsp3) is 0.273. The van der Waals surface area contributed by atoms with Crippen LogP contribution < -0.4 is 9.64 Å². The van der Waals surface area contributed by atoms with Crippen LogP contribution in [-0.2, 0) is 4.79 Å². The predicted octanol–water partition coefficient (Wildman–Crippen LogP) is 3.93. The number of benzene rings is 2. The molecule has 1 aromatic heterocycles. The molecular formula is C22H23N5O2S. The van der Waals surface area contributed by atoms with Gasteiger partial charge in [-0.25, -0.2) is 0 Å². The van der Waals surface area contributed by atoms with E-state index in [2.05, 4.69) is 16.3 Å². The van der Waals surface area contributed by atoms with Crippen LogP contribution in [0.4, 0.5) is 5.69 Å². The summed E-state index contributed by atoms with van der Waals surface area (Å²) in [6.07, 6.45) is 1.86. The van der Waals surface area contributed by atoms with Crippen LogP contribution in [0.25, 0.3) is 5.69 Å². The molecule has 154 valence electrons. The molecule has 3 rings (SSSR count). The highest BCUT2D eigenvalue weighted by Gasteiger charge is 2.19. The van der Waals surface area contributed by atoms with Crippen molar-refractivity contribution in [1.29, 1.82) is 5.26 Å². The summed E-state index contributed by atoms with van der Waals surface area (Å²) in [5.74, 6) is 0.774. The van der Waals surface area contributed by atoms with Gasteiger partial charge in [0.2, 0.25) is 5.91 Å². The number of methoxy groups -OCH3 is 1. The molecule has 2 aromatic carbocycles. The van der Waals surface area contributed by atoms with E-state index >= 15 is 0 Å². The SMILES string of the molecule is COc1ccccc1-n1cnnc1SCC(=O)N(CCC#N)c1ccc(C)c(C)c1. The number of rotatable bonds is 8. The van der Waals surface area contributed by atoms with E-state index in [1.165, 1.54) is 11.8 Å². The van der Waals surface area contributed by atoms with Crippen molar-refractivity contribution >= 4 is 23.4 Å². The Morgan fingerprint density at radius 2 is 2.03 bits per heavy atom. The van der Waals surface area contributed by atoms with Gasteiger partial charge in [-0.15, -0.1) is 10.2 Å². The Labute approximate surface area is 180 Å². The second-order valence-electron chi connectivity index (χ2n) is 6.67. The second-order valence-corrected chi connectivity index (χ2v) is 7.61. The molecule has 8 heteroatoms. The molecule has 0 saturated carbocycles. The zero-order valence-electron chi connectivity index (χ0n) is 17.2. The van der Waals surface area contributed by atoms with Crippen LogP contribution >= 0.6 is 11.8 Å². The Kier molecular flexibility index (Phi) is 7.09. The van der Waals surface area contributed by atoms with E-state index in [9.17, 15) is 4.79 Å². The zero-order valence-corrected chi connectivity index (χ0v) is 18.0. The van der Waals surface area contributed by atoms with E-state index in [4.69, 9.17) is 10.00 Å². The fourth-order valence-electron chi connectivity index (χ4n) is 2.97. The molecule has 3 aromatic rings. The molecule has 0 atom stereocenters. The third-order valence-corrected chi connectivity index (χ3v) is 5.66. The van der Waals surface area contributed by atoms with Crippen molar-refractivity contribution in [3.8, 4) is 17.5 Å². The summed E-state index contributed by atoms with van der Waals surface area (Å²) in [7, 11) is 1.61. The first-order valence-electron chi connectivity index (χ1n) is 9.46. The maximum atomic E-state index is 13.0.